The van der Waals surface area contributed by atoms with Crippen LogP contribution in [0.15, 0.2) is 57.5 Å². The molecule has 0 saturated carbocycles. The molecule has 1 rings (SSSR count). The second kappa shape index (κ2) is 13.8. The number of nitrogens with zero attached hydrogens (tertiary/aromatic N) is 4. The molecule has 1 heterocycles. The third kappa shape index (κ3) is 9.03. The van der Waals surface area contributed by atoms with Crippen LogP contribution < -0.4 is 0 Å². The van der Waals surface area contributed by atoms with Crippen LogP contribution in [0.5, 0.6) is 0 Å². The monoisotopic (exact) mass is 456 g/mol. The number of carbonyl (C=O) groups excluding carboxylic acids is 1. The molecule has 33 heavy (non-hydrogen) atoms. The van der Waals surface area contributed by atoms with Gasteiger partial charge in [0.25, 0.3) is 0 Å². The van der Waals surface area contributed by atoms with E-state index in [0.29, 0.717) is 13.1 Å². The molecule has 0 bridgehead atoms. The fourth-order valence-corrected chi connectivity index (χ4v) is 3.67. The lowest BCUT2D eigenvalue weighted by molar-refractivity contribution is 0.0168. The molecule has 0 aromatic heterocycles. The highest BCUT2D eigenvalue weighted by Gasteiger charge is 2.27. The summed E-state index contributed by atoms with van der Waals surface area (Å²) in [5.41, 5.74) is 4.87. The van der Waals surface area contributed by atoms with E-state index in [0.717, 1.165) is 54.2 Å². The van der Waals surface area contributed by atoms with Gasteiger partial charge < -0.3 is 14.5 Å². The first kappa shape index (κ1) is 28.4. The summed E-state index contributed by atoms with van der Waals surface area (Å²) in [5.74, 6) is 0. The van der Waals surface area contributed by atoms with Crippen molar-refractivity contribution >= 4 is 17.5 Å². The number of amides is 1. The fourth-order valence-electron chi connectivity index (χ4n) is 3.67. The highest BCUT2D eigenvalue weighted by Crippen LogP contribution is 2.24. The highest BCUT2D eigenvalue weighted by atomic mass is 16.6. The summed E-state index contributed by atoms with van der Waals surface area (Å²) >= 11 is 0. The molecule has 1 fully saturated rings. The first-order valence-electron chi connectivity index (χ1n) is 12.1. The highest BCUT2D eigenvalue weighted by molar-refractivity contribution is 6.16. The summed E-state index contributed by atoms with van der Waals surface area (Å²) in [6.07, 6.45) is 11.4. The van der Waals surface area contributed by atoms with Gasteiger partial charge in [0, 0.05) is 66.8 Å². The normalized spacial score (nSPS) is 17.8. The van der Waals surface area contributed by atoms with Crippen molar-refractivity contribution in [3.8, 4) is 0 Å². The van der Waals surface area contributed by atoms with Crippen molar-refractivity contribution in [1.29, 1.82) is 0 Å². The van der Waals surface area contributed by atoms with E-state index in [1.54, 1.807) is 4.90 Å². The Morgan fingerprint density at radius 1 is 0.970 bits per heavy atom. The van der Waals surface area contributed by atoms with Gasteiger partial charge in [-0.3, -0.25) is 9.98 Å². The van der Waals surface area contributed by atoms with Crippen LogP contribution in [0, 0.1) is 0 Å². The van der Waals surface area contributed by atoms with E-state index in [9.17, 15) is 4.79 Å². The van der Waals surface area contributed by atoms with E-state index in [1.807, 2.05) is 46.2 Å². The fraction of sp³-hybridized carbons (Fsp3) is 0.593. The van der Waals surface area contributed by atoms with Gasteiger partial charge in [0.05, 0.1) is 0 Å². The van der Waals surface area contributed by atoms with Crippen molar-refractivity contribution in [2.24, 2.45) is 9.98 Å². The van der Waals surface area contributed by atoms with Crippen molar-refractivity contribution in [3.63, 3.8) is 0 Å². The smallest absolute Gasteiger partial charge is 0.410 e. The van der Waals surface area contributed by atoms with E-state index in [-0.39, 0.29) is 6.09 Å². The van der Waals surface area contributed by atoms with Crippen LogP contribution in [0.3, 0.4) is 0 Å². The number of hydrogen-bond acceptors (Lipinski definition) is 5. The van der Waals surface area contributed by atoms with E-state index >= 15 is 0 Å². The van der Waals surface area contributed by atoms with Crippen molar-refractivity contribution < 1.29 is 9.53 Å². The molecule has 6 heteroatoms. The number of carbonyl (C=O) groups is 1. The van der Waals surface area contributed by atoms with Gasteiger partial charge in [0.15, 0.2) is 0 Å². The molecule has 0 aromatic carbocycles. The molecule has 6 nitrogen and oxygen atoms in total. The first-order chi connectivity index (χ1) is 15.6. The number of hydrogen-bond donors (Lipinski definition) is 0. The molecule has 0 N–H and O–H groups in total. The van der Waals surface area contributed by atoms with Crippen LogP contribution in [-0.4, -0.2) is 59.1 Å². The lowest BCUT2D eigenvalue weighted by Crippen LogP contribution is -2.49. The minimum atomic E-state index is -0.486. The van der Waals surface area contributed by atoms with E-state index in [2.05, 4.69) is 51.7 Å². The van der Waals surface area contributed by atoms with Crippen molar-refractivity contribution in [2.75, 3.05) is 26.2 Å². The summed E-state index contributed by atoms with van der Waals surface area (Å²) in [4.78, 5) is 26.0. The van der Waals surface area contributed by atoms with E-state index in [4.69, 9.17) is 14.7 Å². The summed E-state index contributed by atoms with van der Waals surface area (Å²) in [6, 6.07) is 0. The zero-order valence-electron chi connectivity index (χ0n) is 22.2. The predicted octanol–water partition coefficient (Wildman–Crippen LogP) is 6.53. The number of aliphatic imine (C=N–C) groups is 2. The molecule has 1 aliphatic heterocycles. The molecule has 0 unspecified atom stereocenters. The SMILES string of the molecule is C\C=C/N=C(CC)/C(=C/C)C(/C(C)=N/C=C/CC)=C(/C)N1CCN(C(=O)OC(C)(C)C)CC1. The minimum Gasteiger partial charge on any atom is -0.444 e. The Labute approximate surface area is 201 Å². The van der Waals surface area contributed by atoms with Crippen LogP contribution in [0.2, 0.25) is 0 Å². The van der Waals surface area contributed by atoms with Gasteiger partial charge in [-0.15, -0.1) is 0 Å². The first-order valence-corrected chi connectivity index (χ1v) is 12.1. The van der Waals surface area contributed by atoms with Gasteiger partial charge in [-0.05, 0) is 61.3 Å². The van der Waals surface area contributed by atoms with Crippen molar-refractivity contribution in [1.82, 2.24) is 9.80 Å². The van der Waals surface area contributed by atoms with Crippen LogP contribution in [-0.2, 0) is 4.74 Å². The zero-order chi connectivity index (χ0) is 25.0. The Hall–Kier alpha value is -2.63. The Morgan fingerprint density at radius 2 is 1.58 bits per heavy atom. The molecular formula is C27H44N4O2. The maximum absolute atomic E-state index is 12.5. The summed E-state index contributed by atoms with van der Waals surface area (Å²) in [5, 5.41) is 0. The summed E-state index contributed by atoms with van der Waals surface area (Å²) in [6.45, 7) is 20.9. The molecule has 1 aliphatic rings. The second-order valence-electron chi connectivity index (χ2n) is 9.04. The lowest BCUT2D eigenvalue weighted by atomic mass is 9.93. The molecule has 1 saturated heterocycles. The Morgan fingerprint density at radius 3 is 2.06 bits per heavy atom. The van der Waals surface area contributed by atoms with Gasteiger partial charge in [-0.2, -0.15) is 0 Å². The lowest BCUT2D eigenvalue weighted by Gasteiger charge is -2.38. The quantitative estimate of drug-likeness (QED) is 0.308. The maximum atomic E-state index is 12.5. The van der Waals surface area contributed by atoms with Crippen LogP contribution >= 0.6 is 0 Å². The molecule has 1 amide bonds. The maximum Gasteiger partial charge on any atom is 0.410 e. The molecule has 0 aromatic rings. The molecule has 0 spiro atoms. The minimum absolute atomic E-state index is 0.243. The Bertz CT molecular complexity index is 831. The van der Waals surface area contributed by atoms with Gasteiger partial charge in [-0.1, -0.05) is 32.1 Å². The van der Waals surface area contributed by atoms with Crippen LogP contribution in [0.4, 0.5) is 4.79 Å². The zero-order valence-corrected chi connectivity index (χ0v) is 22.2. The number of piperazine rings is 1. The van der Waals surface area contributed by atoms with Gasteiger partial charge in [-0.25, -0.2) is 4.79 Å². The average Bonchev–Trinajstić information content (AvgIpc) is 2.77. The number of allylic oxidation sites excluding steroid dienone is 6. The van der Waals surface area contributed by atoms with E-state index in [1.165, 1.54) is 0 Å². The molecule has 0 radical (unpaired) electrons. The van der Waals surface area contributed by atoms with Gasteiger partial charge in [0.2, 0.25) is 0 Å². The third-order valence-electron chi connectivity index (χ3n) is 5.32. The summed E-state index contributed by atoms with van der Waals surface area (Å²) < 4.78 is 5.55. The van der Waals surface area contributed by atoms with Crippen LogP contribution in [0.1, 0.15) is 75.2 Å². The second-order valence-corrected chi connectivity index (χ2v) is 9.04. The van der Waals surface area contributed by atoms with Gasteiger partial charge >= 0.3 is 6.09 Å². The predicted molar refractivity (Wildman–Crippen MR) is 141 cm³/mol. The Balaban J connectivity index is 3.32. The van der Waals surface area contributed by atoms with Crippen LogP contribution in [0.25, 0.3) is 0 Å². The van der Waals surface area contributed by atoms with Gasteiger partial charge in [0.1, 0.15) is 5.60 Å². The standard InChI is InChI=1S/C27H44N4O2/c1-10-14-16-28-21(5)25(23(12-3)24(13-4)29-15-11-2)22(6)30-17-19-31(20-18-30)26(32)33-27(7,8)9/h11-12,14-16H,10,13,17-20H2,1-9H3/b15-11-,16-14+,23-12-,25-22-,28-21+,29-24+. The number of ether oxygens (including phenoxy) is 1. The molecule has 0 atom stereocenters. The molecular weight excluding hydrogens is 412 g/mol. The molecule has 184 valence electrons. The summed E-state index contributed by atoms with van der Waals surface area (Å²) in [7, 11) is 0. The Kier molecular flexibility index (Phi) is 11.9. The van der Waals surface area contributed by atoms with Crippen molar-refractivity contribution in [2.45, 2.75) is 80.8 Å². The van der Waals surface area contributed by atoms with E-state index < -0.39 is 5.60 Å². The largest absolute Gasteiger partial charge is 0.444 e. The molecule has 0 aliphatic carbocycles. The van der Waals surface area contributed by atoms with Crippen molar-refractivity contribution in [3.05, 3.63) is 47.5 Å². The third-order valence-corrected chi connectivity index (χ3v) is 5.32. The average molecular weight is 457 g/mol. The number of rotatable bonds is 8. The topological polar surface area (TPSA) is 57.5 Å².